The number of nitrogens with zero attached hydrogens (tertiary/aromatic N) is 2. The van der Waals surface area contributed by atoms with Gasteiger partial charge in [-0.25, -0.2) is 0 Å². The molecular formula is C21H24N2O3. The first-order valence-electron chi connectivity index (χ1n) is 8.94. The Bertz CT molecular complexity index is 778. The molecule has 2 aromatic carbocycles. The molecule has 1 aliphatic heterocycles. The third kappa shape index (κ3) is 3.87. The Morgan fingerprint density at radius 2 is 1.46 bits per heavy atom. The lowest BCUT2D eigenvalue weighted by molar-refractivity contribution is 0.0535. The summed E-state index contributed by atoms with van der Waals surface area (Å²) in [6.45, 7) is 4.26. The van der Waals surface area contributed by atoms with Crippen molar-refractivity contribution in [2.24, 2.45) is 0 Å². The SMILES string of the molecule is CCc1ccc(C(=O)N2CCN(C(=O)c3cccc(OC)c3)CC2)cc1. The van der Waals surface area contributed by atoms with Gasteiger partial charge in [0.05, 0.1) is 7.11 Å². The van der Waals surface area contributed by atoms with Crippen molar-refractivity contribution in [1.29, 1.82) is 0 Å². The standard InChI is InChI=1S/C21H24N2O3/c1-3-16-7-9-17(10-8-16)20(24)22-11-13-23(14-12-22)21(25)18-5-4-6-19(15-18)26-2/h4-10,15H,3,11-14H2,1-2H3. The number of carbonyl (C=O) groups is 2. The van der Waals surface area contributed by atoms with Crippen LogP contribution in [0.4, 0.5) is 0 Å². The molecule has 136 valence electrons. The van der Waals surface area contributed by atoms with Gasteiger partial charge in [-0.1, -0.05) is 25.1 Å². The average molecular weight is 352 g/mol. The zero-order valence-electron chi connectivity index (χ0n) is 15.3. The number of carbonyl (C=O) groups excluding carboxylic acids is 2. The summed E-state index contributed by atoms with van der Waals surface area (Å²) in [5.74, 6) is 0.671. The quantitative estimate of drug-likeness (QED) is 0.850. The minimum Gasteiger partial charge on any atom is -0.497 e. The number of benzene rings is 2. The number of hydrogen-bond acceptors (Lipinski definition) is 3. The smallest absolute Gasteiger partial charge is 0.254 e. The second kappa shape index (κ2) is 8.04. The first-order chi connectivity index (χ1) is 12.6. The largest absolute Gasteiger partial charge is 0.497 e. The average Bonchev–Trinajstić information content (AvgIpc) is 2.73. The van der Waals surface area contributed by atoms with Gasteiger partial charge in [-0.3, -0.25) is 9.59 Å². The van der Waals surface area contributed by atoms with Crippen molar-refractivity contribution in [3.8, 4) is 5.75 Å². The molecule has 0 unspecified atom stereocenters. The van der Waals surface area contributed by atoms with Crippen LogP contribution in [0.5, 0.6) is 5.75 Å². The molecule has 1 heterocycles. The highest BCUT2D eigenvalue weighted by Crippen LogP contribution is 2.16. The third-order valence-electron chi connectivity index (χ3n) is 4.78. The highest BCUT2D eigenvalue weighted by molar-refractivity contribution is 5.96. The first-order valence-corrected chi connectivity index (χ1v) is 8.94. The van der Waals surface area contributed by atoms with E-state index in [-0.39, 0.29) is 11.8 Å². The highest BCUT2D eigenvalue weighted by atomic mass is 16.5. The second-order valence-electron chi connectivity index (χ2n) is 6.37. The van der Waals surface area contributed by atoms with Crippen molar-refractivity contribution in [1.82, 2.24) is 9.80 Å². The van der Waals surface area contributed by atoms with Gasteiger partial charge in [-0.2, -0.15) is 0 Å². The summed E-state index contributed by atoms with van der Waals surface area (Å²) < 4.78 is 5.18. The summed E-state index contributed by atoms with van der Waals surface area (Å²) >= 11 is 0. The number of aryl methyl sites for hydroxylation is 1. The summed E-state index contributed by atoms with van der Waals surface area (Å²) in [5, 5.41) is 0. The maximum atomic E-state index is 12.7. The molecule has 3 rings (SSSR count). The molecule has 26 heavy (non-hydrogen) atoms. The first kappa shape index (κ1) is 18.0. The fourth-order valence-electron chi connectivity index (χ4n) is 3.12. The lowest BCUT2D eigenvalue weighted by Crippen LogP contribution is -2.50. The van der Waals surface area contributed by atoms with Crippen LogP contribution in [0.3, 0.4) is 0 Å². The van der Waals surface area contributed by atoms with Crippen LogP contribution < -0.4 is 4.74 Å². The normalized spacial score (nSPS) is 14.2. The van der Waals surface area contributed by atoms with E-state index in [1.807, 2.05) is 41.3 Å². The minimum absolute atomic E-state index is 0.0247. The van der Waals surface area contributed by atoms with Gasteiger partial charge in [-0.05, 0) is 42.3 Å². The van der Waals surface area contributed by atoms with Crippen LogP contribution in [0, 0.1) is 0 Å². The van der Waals surface area contributed by atoms with E-state index in [1.54, 1.807) is 24.1 Å². The molecule has 2 amide bonds. The van der Waals surface area contributed by atoms with E-state index in [0.29, 0.717) is 43.1 Å². The van der Waals surface area contributed by atoms with Crippen LogP contribution in [0.1, 0.15) is 33.2 Å². The van der Waals surface area contributed by atoms with Crippen molar-refractivity contribution in [3.05, 3.63) is 65.2 Å². The zero-order valence-corrected chi connectivity index (χ0v) is 15.3. The Morgan fingerprint density at radius 1 is 0.885 bits per heavy atom. The predicted molar refractivity (Wildman–Crippen MR) is 101 cm³/mol. The summed E-state index contributed by atoms with van der Waals surface area (Å²) in [6, 6.07) is 14.9. The van der Waals surface area contributed by atoms with Gasteiger partial charge in [0, 0.05) is 37.3 Å². The maximum absolute atomic E-state index is 12.7. The Kier molecular flexibility index (Phi) is 5.56. The molecule has 0 bridgehead atoms. The predicted octanol–water partition coefficient (Wildman–Crippen LogP) is 2.86. The molecule has 1 aliphatic rings. The highest BCUT2D eigenvalue weighted by Gasteiger charge is 2.25. The van der Waals surface area contributed by atoms with Crippen LogP contribution in [-0.2, 0) is 6.42 Å². The minimum atomic E-state index is -0.0247. The van der Waals surface area contributed by atoms with Crippen LogP contribution in [0.15, 0.2) is 48.5 Å². The molecule has 0 spiro atoms. The number of ether oxygens (including phenoxy) is 1. The van der Waals surface area contributed by atoms with Crippen molar-refractivity contribution in [3.63, 3.8) is 0 Å². The molecule has 0 radical (unpaired) electrons. The van der Waals surface area contributed by atoms with Gasteiger partial charge in [0.2, 0.25) is 0 Å². The second-order valence-corrected chi connectivity index (χ2v) is 6.37. The van der Waals surface area contributed by atoms with Crippen LogP contribution in [0.25, 0.3) is 0 Å². The van der Waals surface area contributed by atoms with Crippen LogP contribution >= 0.6 is 0 Å². The molecule has 5 nitrogen and oxygen atoms in total. The lowest BCUT2D eigenvalue weighted by Gasteiger charge is -2.35. The molecule has 2 aromatic rings. The molecule has 0 aliphatic carbocycles. The lowest BCUT2D eigenvalue weighted by atomic mass is 10.1. The zero-order chi connectivity index (χ0) is 18.5. The number of amides is 2. The van der Waals surface area contributed by atoms with Crippen molar-refractivity contribution in [2.45, 2.75) is 13.3 Å². The van der Waals surface area contributed by atoms with Crippen LogP contribution in [0.2, 0.25) is 0 Å². The van der Waals surface area contributed by atoms with Gasteiger partial charge in [0.15, 0.2) is 0 Å². The van der Waals surface area contributed by atoms with Crippen LogP contribution in [-0.4, -0.2) is 54.9 Å². The van der Waals surface area contributed by atoms with E-state index in [9.17, 15) is 9.59 Å². The number of hydrogen-bond donors (Lipinski definition) is 0. The Morgan fingerprint density at radius 3 is 2.00 bits per heavy atom. The van der Waals surface area contributed by atoms with E-state index in [4.69, 9.17) is 4.74 Å². The summed E-state index contributed by atoms with van der Waals surface area (Å²) in [4.78, 5) is 28.9. The van der Waals surface area contributed by atoms with Gasteiger partial charge in [0.1, 0.15) is 5.75 Å². The van der Waals surface area contributed by atoms with Gasteiger partial charge < -0.3 is 14.5 Å². The number of piperazine rings is 1. The van der Waals surface area contributed by atoms with Gasteiger partial charge in [0.25, 0.3) is 11.8 Å². The molecule has 5 heteroatoms. The topological polar surface area (TPSA) is 49.9 Å². The van der Waals surface area contributed by atoms with E-state index in [0.717, 1.165) is 6.42 Å². The number of methoxy groups -OCH3 is 1. The van der Waals surface area contributed by atoms with Crippen molar-refractivity contribution < 1.29 is 14.3 Å². The van der Waals surface area contributed by atoms with E-state index < -0.39 is 0 Å². The Balaban J connectivity index is 1.61. The van der Waals surface area contributed by atoms with E-state index in [1.165, 1.54) is 5.56 Å². The van der Waals surface area contributed by atoms with E-state index in [2.05, 4.69) is 6.92 Å². The molecule has 1 fully saturated rings. The van der Waals surface area contributed by atoms with Gasteiger partial charge in [-0.15, -0.1) is 0 Å². The Labute approximate surface area is 154 Å². The molecule has 0 atom stereocenters. The molecule has 1 saturated heterocycles. The van der Waals surface area contributed by atoms with Gasteiger partial charge >= 0.3 is 0 Å². The molecular weight excluding hydrogens is 328 g/mol. The Hall–Kier alpha value is -2.82. The monoisotopic (exact) mass is 352 g/mol. The maximum Gasteiger partial charge on any atom is 0.254 e. The van der Waals surface area contributed by atoms with Crippen molar-refractivity contribution in [2.75, 3.05) is 33.3 Å². The third-order valence-corrected chi connectivity index (χ3v) is 4.78. The molecule has 0 saturated carbocycles. The fourth-order valence-corrected chi connectivity index (χ4v) is 3.12. The summed E-state index contributed by atoms with van der Waals surface area (Å²) in [6.07, 6.45) is 0.958. The molecule has 0 aromatic heterocycles. The van der Waals surface area contributed by atoms with Crippen molar-refractivity contribution >= 4 is 11.8 Å². The summed E-state index contributed by atoms with van der Waals surface area (Å²) in [7, 11) is 1.58. The summed E-state index contributed by atoms with van der Waals surface area (Å²) in [5.41, 5.74) is 2.53. The fraction of sp³-hybridized carbons (Fsp3) is 0.333. The number of rotatable bonds is 4. The van der Waals surface area contributed by atoms with E-state index >= 15 is 0 Å². The molecule has 0 N–H and O–H groups in total.